The summed E-state index contributed by atoms with van der Waals surface area (Å²) in [4.78, 5) is 75.9. The third-order valence-corrected chi connectivity index (χ3v) is 20.1. The summed E-state index contributed by atoms with van der Waals surface area (Å²) in [6.07, 6.45) is -0.513. The molecule has 3 fully saturated rings. The first-order chi connectivity index (χ1) is 47.2. The maximum absolute atomic E-state index is 13.9. The Labute approximate surface area is 585 Å². The second-order valence-corrected chi connectivity index (χ2v) is 30.1. The van der Waals surface area contributed by atoms with Crippen LogP contribution in [0.25, 0.3) is 0 Å². The van der Waals surface area contributed by atoms with E-state index in [0.29, 0.717) is 97.4 Å². The van der Waals surface area contributed by atoms with Crippen molar-refractivity contribution in [2.24, 2.45) is 17.8 Å². The van der Waals surface area contributed by atoms with Gasteiger partial charge in [-0.1, -0.05) is 72.1 Å². The van der Waals surface area contributed by atoms with Crippen LogP contribution in [0.2, 0.25) is 0 Å². The molecule has 0 spiro atoms. The van der Waals surface area contributed by atoms with E-state index in [2.05, 4.69) is 26.6 Å². The van der Waals surface area contributed by atoms with E-state index in [0.717, 1.165) is 51.4 Å². The zero-order valence-electron chi connectivity index (χ0n) is 59.7. The Morgan fingerprint density at radius 2 is 0.667 bits per heavy atom. The van der Waals surface area contributed by atoms with Gasteiger partial charge in [-0.25, -0.2) is 0 Å². The number of carbonyl (C=O) groups is 5. The summed E-state index contributed by atoms with van der Waals surface area (Å²) in [5.41, 5.74) is -1.40. The Bertz CT molecular complexity index is 2080. The molecule has 3 saturated heterocycles. The average molecular weight is 1450 g/mol. The predicted octanol–water partition coefficient (Wildman–Crippen LogP) is 1.21. The molecule has 3 rings (SSSR count). The predicted molar refractivity (Wildman–Crippen MR) is 361 cm³/mol. The fraction of sp³-hybridized carbons (Fsp3) is 0.925. The van der Waals surface area contributed by atoms with Crippen molar-refractivity contribution in [2.75, 3.05) is 112 Å². The lowest BCUT2D eigenvalue weighted by atomic mass is 9.92. The quantitative estimate of drug-likeness (QED) is 0.0301. The Morgan fingerprint density at radius 1 is 0.384 bits per heavy atom. The highest BCUT2D eigenvalue weighted by Crippen LogP contribution is 2.54. The van der Waals surface area contributed by atoms with Gasteiger partial charge < -0.3 is 125 Å². The van der Waals surface area contributed by atoms with Crippen molar-refractivity contribution in [1.29, 1.82) is 0 Å². The number of amides is 5. The average Bonchev–Trinajstić information content (AvgIpc) is 0.853. The van der Waals surface area contributed by atoms with Crippen molar-refractivity contribution in [1.82, 2.24) is 26.6 Å². The molecule has 5 amide bonds. The molecule has 3 aliphatic rings. The molecular formula is C67H126N5O26P. The van der Waals surface area contributed by atoms with Gasteiger partial charge in [-0.15, -0.1) is 0 Å². The lowest BCUT2D eigenvalue weighted by Crippen LogP contribution is -2.58. The van der Waals surface area contributed by atoms with Crippen LogP contribution >= 0.6 is 7.60 Å². The number of nitrogens with one attached hydrogen (secondary N) is 5. The summed E-state index contributed by atoms with van der Waals surface area (Å²) in [5, 5.41) is 104. The summed E-state index contributed by atoms with van der Waals surface area (Å²) in [6, 6.07) is 0. The van der Waals surface area contributed by atoms with E-state index >= 15 is 0 Å². The van der Waals surface area contributed by atoms with Crippen LogP contribution in [0, 0.1) is 17.8 Å². The van der Waals surface area contributed by atoms with Gasteiger partial charge in [0.1, 0.15) is 42.2 Å². The molecule has 0 saturated carbocycles. The van der Waals surface area contributed by atoms with Crippen LogP contribution in [0.15, 0.2) is 0 Å². The molecule has 0 aromatic rings. The minimum atomic E-state index is -3.74. The standard InChI is InChI=1S/C67H126N5O26P/c1-46-57(81)60(84)49(40-73)96-63(46)92-33-19-11-7-15-30-69-53(77)26-37-89-43-67(72-56(80)25-23-24-52(76)68-29-18-10-14-22-36-95-99(87,88)66(4,5)6,44-90-38-27-54(78)70-31-16-8-12-20-34-93-64-47(2)58(82)61(85)50(41-74)97-64)45-91-39-28-55(79)71-32-17-9-13-21-35-94-65-48(3)59(83)62(86)51(42-75)98-65/h46-51,57-65,73-75,81-86H,7-45H2,1-6H3,(H,68,76)(H,69,77)(H,70,78)(H,71,79)(H,72,80)(H,87,88)/t46?,47?,48?,49?,50?,51?,57-,58-,59-,60+,61+,62+,63-,64-,65-,67?/m1/s1. The van der Waals surface area contributed by atoms with Crippen LogP contribution in [0.3, 0.4) is 0 Å². The van der Waals surface area contributed by atoms with E-state index in [1.807, 2.05) is 0 Å². The first-order valence-electron chi connectivity index (χ1n) is 36.0. The minimum absolute atomic E-state index is 0.0289. The van der Waals surface area contributed by atoms with Gasteiger partial charge in [-0.2, -0.15) is 0 Å². The molecule has 31 nitrogen and oxygen atoms in total. The van der Waals surface area contributed by atoms with Crippen LogP contribution in [0.1, 0.15) is 183 Å². The van der Waals surface area contributed by atoms with E-state index in [9.17, 15) is 79.4 Å². The van der Waals surface area contributed by atoms with Crippen molar-refractivity contribution >= 4 is 37.1 Å². The number of hydrogen-bond acceptors (Lipinski definition) is 25. The third-order valence-electron chi connectivity index (χ3n) is 17.9. The Morgan fingerprint density at radius 3 is 0.970 bits per heavy atom. The molecule has 15 N–H and O–H groups in total. The number of ether oxygens (including phenoxy) is 9. The summed E-state index contributed by atoms with van der Waals surface area (Å²) in [5.74, 6) is -3.01. The van der Waals surface area contributed by atoms with E-state index in [-0.39, 0.29) is 108 Å². The van der Waals surface area contributed by atoms with Crippen LogP contribution in [-0.2, 0) is 75.7 Å². The molecule has 3 heterocycles. The third kappa shape index (κ3) is 35.4. The van der Waals surface area contributed by atoms with Gasteiger partial charge in [0, 0.05) is 95.9 Å². The first-order valence-corrected chi connectivity index (χ1v) is 37.6. The summed E-state index contributed by atoms with van der Waals surface area (Å²) >= 11 is 0. The number of carbonyl (C=O) groups excluding carboxylic acids is 5. The van der Waals surface area contributed by atoms with Gasteiger partial charge in [-0.3, -0.25) is 28.5 Å². The fourth-order valence-electron chi connectivity index (χ4n) is 11.1. The van der Waals surface area contributed by atoms with E-state index in [4.69, 9.17) is 47.2 Å². The lowest BCUT2D eigenvalue weighted by molar-refractivity contribution is -0.282. The Hall–Kier alpha value is -3.22. The van der Waals surface area contributed by atoms with Crippen molar-refractivity contribution in [2.45, 2.75) is 267 Å². The van der Waals surface area contributed by atoms with Crippen molar-refractivity contribution in [3.63, 3.8) is 0 Å². The Kier molecular flexibility index (Phi) is 45.7. The van der Waals surface area contributed by atoms with Gasteiger partial charge in [0.25, 0.3) is 0 Å². The summed E-state index contributed by atoms with van der Waals surface area (Å²) < 4.78 is 70.2. The van der Waals surface area contributed by atoms with Gasteiger partial charge in [-0.05, 0) is 78.6 Å². The molecule has 7 unspecified atom stereocenters. The van der Waals surface area contributed by atoms with E-state index in [1.54, 1.807) is 41.5 Å². The number of hydrogen-bond donors (Lipinski definition) is 15. The van der Waals surface area contributed by atoms with Gasteiger partial charge in [0.05, 0.1) is 89.5 Å². The fourth-order valence-corrected chi connectivity index (χ4v) is 11.9. The zero-order valence-corrected chi connectivity index (χ0v) is 60.6. The normalized spacial score (nSPS) is 27.0. The molecule has 0 aromatic heterocycles. The molecule has 0 aromatic carbocycles. The van der Waals surface area contributed by atoms with Crippen molar-refractivity contribution in [3.05, 3.63) is 0 Å². The second-order valence-electron chi connectivity index (χ2n) is 27.5. The molecule has 0 radical (unpaired) electrons. The molecule has 0 bridgehead atoms. The van der Waals surface area contributed by atoms with E-state index < -0.39 is 136 Å². The van der Waals surface area contributed by atoms with Gasteiger partial charge >= 0.3 is 7.60 Å². The van der Waals surface area contributed by atoms with Gasteiger partial charge in [0.15, 0.2) is 18.9 Å². The van der Waals surface area contributed by atoms with Crippen LogP contribution in [0.4, 0.5) is 0 Å². The molecule has 32 heteroatoms. The lowest BCUT2D eigenvalue weighted by Gasteiger charge is -2.40. The maximum Gasteiger partial charge on any atom is 0.333 e. The molecule has 16 atom stereocenters. The largest absolute Gasteiger partial charge is 0.394 e. The number of aliphatic hydroxyl groups excluding tert-OH is 9. The highest BCUT2D eigenvalue weighted by Gasteiger charge is 2.45. The monoisotopic (exact) mass is 1450 g/mol. The SMILES string of the molecule is CC1[C@H](OCCCCCCNC(=O)CCOCC(COCCC(=O)NCCCCCCO[C@@H]2OC(CO)[C@H](O)[C@H](O)C2C)(COCCC(=O)NCCCCCCO[C@@H]2OC(CO)[C@H](O)[C@H](O)C2C)NC(=O)CCCC(=O)NCCCCCCOP(=O)(O)C(C)(C)C)OC(CO)[C@H](O)[C@@H]1O. The van der Waals surface area contributed by atoms with Crippen LogP contribution in [0.5, 0.6) is 0 Å². The topological polar surface area (TPSA) is 457 Å². The maximum atomic E-state index is 13.9. The van der Waals surface area contributed by atoms with Crippen LogP contribution in [-0.4, -0.2) is 277 Å². The molecule has 0 aliphatic carbocycles. The molecular weight excluding hydrogens is 1320 g/mol. The number of unbranched alkanes of at least 4 members (excludes halogenated alkanes) is 12. The van der Waals surface area contributed by atoms with Gasteiger partial charge in [0.2, 0.25) is 29.5 Å². The Balaban J connectivity index is 1.56. The summed E-state index contributed by atoms with van der Waals surface area (Å²) in [7, 11) is -3.74. The highest BCUT2D eigenvalue weighted by molar-refractivity contribution is 7.54. The number of rotatable bonds is 55. The zero-order chi connectivity index (χ0) is 73.2. The smallest absolute Gasteiger partial charge is 0.333 e. The first kappa shape index (κ1) is 90.0. The van der Waals surface area contributed by atoms with Crippen LogP contribution < -0.4 is 26.6 Å². The minimum Gasteiger partial charge on any atom is -0.394 e. The highest BCUT2D eigenvalue weighted by atomic mass is 31.2. The molecule has 580 valence electrons. The summed E-state index contributed by atoms with van der Waals surface area (Å²) in [6.45, 7) is 10.6. The van der Waals surface area contributed by atoms with Crippen molar-refractivity contribution in [3.8, 4) is 0 Å². The molecule has 99 heavy (non-hydrogen) atoms. The number of aliphatic hydroxyl groups is 9. The van der Waals surface area contributed by atoms with E-state index in [1.165, 1.54) is 0 Å². The second kappa shape index (κ2) is 50.3. The molecule has 3 aliphatic heterocycles. The van der Waals surface area contributed by atoms with Crippen molar-refractivity contribution < 1.29 is 127 Å².